The van der Waals surface area contributed by atoms with Crippen molar-refractivity contribution < 1.29 is 14.3 Å². The van der Waals surface area contributed by atoms with Crippen molar-refractivity contribution in [1.82, 2.24) is 0 Å². The molecule has 1 aromatic rings. The summed E-state index contributed by atoms with van der Waals surface area (Å²) < 4.78 is 12.7. The molecule has 15 heavy (non-hydrogen) atoms. The van der Waals surface area contributed by atoms with Crippen LogP contribution in [0.1, 0.15) is 18.9 Å². The molecule has 2 nitrogen and oxygen atoms in total. The smallest absolute Gasteiger partial charge is 0.306 e. The lowest BCUT2D eigenvalue weighted by Crippen LogP contribution is -2.10. The molecule has 0 fully saturated rings. The monoisotopic (exact) mass is 230 g/mol. The van der Waals surface area contributed by atoms with Gasteiger partial charge in [0.1, 0.15) is 5.82 Å². The Morgan fingerprint density at radius 2 is 2.27 bits per heavy atom. The zero-order valence-corrected chi connectivity index (χ0v) is 9.09. The van der Waals surface area contributed by atoms with Crippen LogP contribution in [0.2, 0.25) is 5.02 Å². The zero-order valence-electron chi connectivity index (χ0n) is 8.34. The molecule has 0 saturated heterocycles. The summed E-state index contributed by atoms with van der Waals surface area (Å²) in [5.74, 6) is -1.62. The molecule has 82 valence electrons. The van der Waals surface area contributed by atoms with Crippen LogP contribution in [0.25, 0.3) is 0 Å². The number of carbonyl (C=O) groups is 1. The molecular formula is C11H12ClFO2. The van der Waals surface area contributed by atoms with Crippen LogP contribution < -0.4 is 0 Å². The third-order valence-electron chi connectivity index (χ3n) is 2.28. The van der Waals surface area contributed by atoms with Gasteiger partial charge in [-0.05, 0) is 30.5 Å². The molecule has 0 amide bonds. The normalized spacial score (nSPS) is 12.5. The molecule has 1 aromatic carbocycles. The van der Waals surface area contributed by atoms with Gasteiger partial charge in [-0.15, -0.1) is 0 Å². The van der Waals surface area contributed by atoms with Crippen molar-refractivity contribution in [3.8, 4) is 0 Å². The van der Waals surface area contributed by atoms with Crippen LogP contribution in [0.15, 0.2) is 18.2 Å². The lowest BCUT2D eigenvalue weighted by molar-refractivity contribution is -0.141. The van der Waals surface area contributed by atoms with Crippen LogP contribution in [-0.4, -0.2) is 11.1 Å². The highest BCUT2D eigenvalue weighted by Gasteiger charge is 2.11. The van der Waals surface area contributed by atoms with E-state index in [9.17, 15) is 9.18 Å². The summed E-state index contributed by atoms with van der Waals surface area (Å²) in [5.41, 5.74) is 0.783. The van der Waals surface area contributed by atoms with Crippen molar-refractivity contribution in [1.29, 1.82) is 0 Å². The van der Waals surface area contributed by atoms with Crippen LogP contribution in [0, 0.1) is 11.7 Å². The van der Waals surface area contributed by atoms with E-state index in [2.05, 4.69) is 0 Å². The highest BCUT2D eigenvalue weighted by molar-refractivity contribution is 6.31. The van der Waals surface area contributed by atoms with E-state index in [-0.39, 0.29) is 5.82 Å². The van der Waals surface area contributed by atoms with Crippen molar-refractivity contribution >= 4 is 17.6 Å². The summed E-state index contributed by atoms with van der Waals surface area (Å²) in [7, 11) is 0. The first kappa shape index (κ1) is 12.0. The number of hydrogen-bond acceptors (Lipinski definition) is 1. The second kappa shape index (κ2) is 5.12. The topological polar surface area (TPSA) is 37.3 Å². The average Bonchev–Trinajstić information content (AvgIpc) is 2.15. The average molecular weight is 231 g/mol. The predicted molar refractivity (Wildman–Crippen MR) is 56.5 cm³/mol. The van der Waals surface area contributed by atoms with E-state index >= 15 is 0 Å². The second-order valence-electron chi connectivity index (χ2n) is 3.51. The zero-order chi connectivity index (χ0) is 11.4. The Bertz CT molecular complexity index is 366. The maximum absolute atomic E-state index is 12.7. The van der Waals surface area contributed by atoms with Gasteiger partial charge in [-0.1, -0.05) is 24.6 Å². The van der Waals surface area contributed by atoms with Gasteiger partial charge in [0.05, 0.1) is 5.92 Å². The van der Waals surface area contributed by atoms with Gasteiger partial charge in [0, 0.05) is 5.02 Å². The minimum absolute atomic E-state index is 0.354. The number of benzene rings is 1. The first-order chi connectivity index (χ1) is 7.00. The van der Waals surface area contributed by atoms with Gasteiger partial charge >= 0.3 is 5.97 Å². The molecule has 1 unspecified atom stereocenters. The summed E-state index contributed by atoms with van der Waals surface area (Å²) in [5, 5.41) is 9.03. The van der Waals surface area contributed by atoms with Crippen molar-refractivity contribution in [3.63, 3.8) is 0 Å². The lowest BCUT2D eigenvalue weighted by Gasteiger charge is -2.07. The first-order valence-corrected chi connectivity index (χ1v) is 5.05. The molecule has 0 spiro atoms. The van der Waals surface area contributed by atoms with E-state index < -0.39 is 11.9 Å². The molecule has 0 aliphatic rings. The van der Waals surface area contributed by atoms with E-state index in [0.29, 0.717) is 17.9 Å². The Kier molecular flexibility index (Phi) is 4.09. The largest absolute Gasteiger partial charge is 0.481 e. The van der Waals surface area contributed by atoms with E-state index in [1.165, 1.54) is 12.1 Å². The van der Waals surface area contributed by atoms with Gasteiger partial charge in [0.25, 0.3) is 0 Å². The number of carboxylic acids is 1. The maximum Gasteiger partial charge on any atom is 0.306 e. The molecule has 1 atom stereocenters. The van der Waals surface area contributed by atoms with Gasteiger partial charge in [-0.25, -0.2) is 4.39 Å². The molecule has 0 radical (unpaired) electrons. The minimum Gasteiger partial charge on any atom is -0.481 e. The summed E-state index contributed by atoms with van der Waals surface area (Å²) >= 11 is 5.81. The summed E-state index contributed by atoms with van der Waals surface area (Å²) in [6.45, 7) is 1.64. The Hall–Kier alpha value is -1.09. The standard InChI is InChI=1S/C11H12ClFO2/c1-7(11(14)15)2-3-8-4-5-9(13)6-10(8)12/h4-7H,2-3H2,1H3,(H,14,15). The van der Waals surface area contributed by atoms with E-state index in [1.807, 2.05) is 0 Å². The Labute approximate surface area is 92.7 Å². The van der Waals surface area contributed by atoms with Crippen LogP contribution >= 0.6 is 11.6 Å². The Morgan fingerprint density at radius 1 is 1.60 bits per heavy atom. The molecule has 4 heteroatoms. The summed E-state index contributed by atoms with van der Waals surface area (Å²) in [6, 6.07) is 4.15. The predicted octanol–water partition coefficient (Wildman–Crippen LogP) is 3.13. The molecule has 0 aromatic heterocycles. The van der Waals surface area contributed by atoms with Gasteiger partial charge in [-0.2, -0.15) is 0 Å². The minimum atomic E-state index is -0.826. The molecule has 0 bridgehead atoms. The third kappa shape index (κ3) is 3.51. The fourth-order valence-electron chi connectivity index (χ4n) is 1.22. The third-order valence-corrected chi connectivity index (χ3v) is 2.64. The molecular weight excluding hydrogens is 219 g/mol. The highest BCUT2D eigenvalue weighted by Crippen LogP contribution is 2.20. The second-order valence-corrected chi connectivity index (χ2v) is 3.92. The molecule has 1 N–H and O–H groups in total. The molecule has 0 heterocycles. The Morgan fingerprint density at radius 3 is 2.80 bits per heavy atom. The molecule has 0 saturated carbocycles. The number of carboxylic acid groups (broad SMARTS) is 1. The number of aliphatic carboxylic acids is 1. The van der Waals surface area contributed by atoms with Crippen LogP contribution in [-0.2, 0) is 11.2 Å². The van der Waals surface area contributed by atoms with Gasteiger partial charge < -0.3 is 5.11 Å². The van der Waals surface area contributed by atoms with Crippen molar-refractivity contribution in [2.45, 2.75) is 19.8 Å². The number of hydrogen-bond donors (Lipinski definition) is 1. The number of aryl methyl sites for hydroxylation is 1. The summed E-state index contributed by atoms with van der Waals surface area (Å²) in [4.78, 5) is 10.6. The fourth-order valence-corrected chi connectivity index (χ4v) is 1.48. The lowest BCUT2D eigenvalue weighted by atomic mass is 10.0. The quantitative estimate of drug-likeness (QED) is 0.863. The highest BCUT2D eigenvalue weighted by atomic mass is 35.5. The first-order valence-electron chi connectivity index (χ1n) is 4.67. The van der Waals surface area contributed by atoms with Gasteiger partial charge in [0.15, 0.2) is 0 Å². The van der Waals surface area contributed by atoms with Crippen molar-refractivity contribution in [3.05, 3.63) is 34.6 Å². The van der Waals surface area contributed by atoms with Gasteiger partial charge in [0.2, 0.25) is 0 Å². The SMILES string of the molecule is CC(CCc1ccc(F)cc1Cl)C(=O)O. The van der Waals surface area contributed by atoms with Crippen LogP contribution in [0.4, 0.5) is 4.39 Å². The summed E-state index contributed by atoms with van der Waals surface area (Å²) in [6.07, 6.45) is 1.05. The molecule has 1 rings (SSSR count). The fraction of sp³-hybridized carbons (Fsp3) is 0.364. The van der Waals surface area contributed by atoms with E-state index in [1.54, 1.807) is 13.0 Å². The van der Waals surface area contributed by atoms with Gasteiger partial charge in [-0.3, -0.25) is 4.79 Å². The van der Waals surface area contributed by atoms with Crippen molar-refractivity contribution in [2.75, 3.05) is 0 Å². The Balaban J connectivity index is 2.62. The number of rotatable bonds is 4. The van der Waals surface area contributed by atoms with Crippen LogP contribution in [0.5, 0.6) is 0 Å². The maximum atomic E-state index is 12.7. The van der Waals surface area contributed by atoms with Crippen molar-refractivity contribution in [2.24, 2.45) is 5.92 Å². The van der Waals surface area contributed by atoms with E-state index in [4.69, 9.17) is 16.7 Å². The number of halogens is 2. The molecule has 0 aliphatic carbocycles. The molecule has 0 aliphatic heterocycles. The van der Waals surface area contributed by atoms with Crippen LogP contribution in [0.3, 0.4) is 0 Å². The van der Waals surface area contributed by atoms with E-state index in [0.717, 1.165) is 5.56 Å².